The van der Waals surface area contributed by atoms with E-state index in [9.17, 15) is 19.5 Å². The van der Waals surface area contributed by atoms with Crippen molar-refractivity contribution in [3.63, 3.8) is 0 Å². The van der Waals surface area contributed by atoms with Gasteiger partial charge in [-0.15, -0.1) is 0 Å². The van der Waals surface area contributed by atoms with E-state index in [1.54, 1.807) is 43.6 Å². The molecule has 0 unspecified atom stereocenters. The number of nitrogens with zero attached hydrogens (tertiary/aromatic N) is 1. The summed E-state index contributed by atoms with van der Waals surface area (Å²) in [6, 6.07) is 17.2. The lowest BCUT2D eigenvalue weighted by atomic mass is 10.0. The highest BCUT2D eigenvalue weighted by Gasteiger charge is 2.18. The summed E-state index contributed by atoms with van der Waals surface area (Å²) in [5.74, 6) is 1.78. The van der Waals surface area contributed by atoms with E-state index in [0.717, 1.165) is 36.4 Å². The number of methoxy groups -OCH3 is 1. The standard InChI is InChI=1S/C34H43N3O7/c1-24(2)31(38)7-4-5-19-43-29-14-10-26(11-15-29)34(41)37-27(22-33(39)40)21-25-8-12-28(13-9-25)44-20-6-17-35-32-23-30(42-3)16-18-36-32/h8-16,18,23-24,27H,4-7,17,19-22H2,1-3H3,(H,35,36)(H,37,41)(H,39,40)/t27-/m0/s1. The minimum absolute atomic E-state index is 0.0543. The Hall–Kier alpha value is -4.60. The Kier molecular flexibility index (Phi) is 14.0. The second-order valence-corrected chi connectivity index (χ2v) is 10.8. The molecule has 10 heteroatoms. The Morgan fingerprint density at radius 1 is 0.864 bits per heavy atom. The topological polar surface area (TPSA) is 136 Å². The van der Waals surface area contributed by atoms with Crippen LogP contribution in [0.15, 0.2) is 66.9 Å². The predicted molar refractivity (Wildman–Crippen MR) is 169 cm³/mol. The van der Waals surface area contributed by atoms with E-state index < -0.39 is 12.0 Å². The molecule has 0 bridgehead atoms. The molecule has 1 aromatic heterocycles. The smallest absolute Gasteiger partial charge is 0.305 e. The first kappa shape index (κ1) is 33.9. The monoisotopic (exact) mass is 605 g/mol. The third-order valence-corrected chi connectivity index (χ3v) is 6.87. The summed E-state index contributed by atoms with van der Waals surface area (Å²) in [6.45, 7) is 5.49. The van der Waals surface area contributed by atoms with Crippen LogP contribution in [0.5, 0.6) is 17.2 Å². The summed E-state index contributed by atoms with van der Waals surface area (Å²) >= 11 is 0. The van der Waals surface area contributed by atoms with Crippen LogP contribution >= 0.6 is 0 Å². The number of nitrogens with one attached hydrogen (secondary N) is 2. The number of aromatic nitrogens is 1. The van der Waals surface area contributed by atoms with Gasteiger partial charge in [0, 0.05) is 42.8 Å². The number of hydrogen-bond acceptors (Lipinski definition) is 8. The Labute approximate surface area is 259 Å². The fraction of sp³-hybridized carbons (Fsp3) is 0.412. The average Bonchev–Trinajstić information content (AvgIpc) is 3.01. The molecule has 1 heterocycles. The molecule has 0 aliphatic carbocycles. The maximum Gasteiger partial charge on any atom is 0.305 e. The molecule has 0 fully saturated rings. The van der Waals surface area contributed by atoms with Gasteiger partial charge in [-0.05, 0) is 73.7 Å². The van der Waals surface area contributed by atoms with Gasteiger partial charge in [0.1, 0.15) is 28.8 Å². The van der Waals surface area contributed by atoms with Crippen LogP contribution in [-0.2, 0) is 16.0 Å². The molecule has 236 valence electrons. The zero-order chi connectivity index (χ0) is 31.7. The summed E-state index contributed by atoms with van der Waals surface area (Å²) in [4.78, 5) is 40.4. The number of carboxylic acids is 1. The molecule has 3 aromatic rings. The first-order chi connectivity index (χ1) is 21.2. The number of carbonyl (C=O) groups is 3. The van der Waals surface area contributed by atoms with Crippen LogP contribution in [0, 0.1) is 5.92 Å². The first-order valence-corrected chi connectivity index (χ1v) is 15.0. The maximum atomic E-state index is 12.9. The highest BCUT2D eigenvalue weighted by atomic mass is 16.5. The summed E-state index contributed by atoms with van der Waals surface area (Å²) in [6.07, 6.45) is 4.70. The van der Waals surface area contributed by atoms with Crippen LogP contribution in [0.4, 0.5) is 5.82 Å². The summed E-state index contributed by atoms with van der Waals surface area (Å²) in [5, 5.41) is 15.5. The molecule has 3 rings (SSSR count). The van der Waals surface area contributed by atoms with Crippen LogP contribution in [0.2, 0.25) is 0 Å². The van der Waals surface area contributed by atoms with E-state index in [4.69, 9.17) is 14.2 Å². The second-order valence-electron chi connectivity index (χ2n) is 10.8. The zero-order valence-corrected chi connectivity index (χ0v) is 25.7. The van der Waals surface area contributed by atoms with Gasteiger partial charge in [-0.3, -0.25) is 14.4 Å². The maximum absolute atomic E-state index is 12.9. The zero-order valence-electron chi connectivity index (χ0n) is 25.7. The van der Waals surface area contributed by atoms with E-state index in [1.807, 2.05) is 44.2 Å². The van der Waals surface area contributed by atoms with Gasteiger partial charge in [-0.25, -0.2) is 4.98 Å². The van der Waals surface area contributed by atoms with Crippen molar-refractivity contribution in [2.45, 2.75) is 58.4 Å². The molecule has 2 aromatic carbocycles. The number of benzene rings is 2. The van der Waals surface area contributed by atoms with E-state index in [2.05, 4.69) is 15.6 Å². The Bertz CT molecular complexity index is 1330. The number of amides is 1. The molecule has 0 radical (unpaired) electrons. The number of Topliss-reactive ketones (excluding diaryl/α,β-unsaturated/α-hetero) is 1. The van der Waals surface area contributed by atoms with Gasteiger partial charge in [0.15, 0.2) is 0 Å². The number of unbranched alkanes of at least 4 members (excludes halogenated alkanes) is 1. The predicted octanol–water partition coefficient (Wildman–Crippen LogP) is 5.56. The minimum Gasteiger partial charge on any atom is -0.497 e. The minimum atomic E-state index is -0.994. The van der Waals surface area contributed by atoms with Gasteiger partial charge in [0.05, 0.1) is 26.7 Å². The number of aliphatic carboxylic acids is 1. The molecule has 0 aliphatic rings. The number of carboxylic acid groups (broad SMARTS) is 1. The number of ketones is 1. The second kappa shape index (κ2) is 18.1. The SMILES string of the molecule is COc1ccnc(NCCCOc2ccc(C[C@@H](CC(=O)O)NC(=O)c3ccc(OCCCCC(=O)C(C)C)cc3)cc2)c1. The van der Waals surface area contributed by atoms with Crippen molar-refractivity contribution in [1.29, 1.82) is 0 Å². The number of hydrogen-bond donors (Lipinski definition) is 3. The number of pyridine rings is 1. The van der Waals surface area contributed by atoms with Gasteiger partial charge in [0.2, 0.25) is 0 Å². The molecule has 1 atom stereocenters. The summed E-state index contributed by atoms with van der Waals surface area (Å²) < 4.78 is 16.8. The molecule has 44 heavy (non-hydrogen) atoms. The lowest BCUT2D eigenvalue weighted by Gasteiger charge is -2.18. The van der Waals surface area contributed by atoms with Crippen molar-refractivity contribution < 1.29 is 33.7 Å². The lowest BCUT2D eigenvalue weighted by molar-refractivity contribution is -0.137. The summed E-state index contributed by atoms with van der Waals surface area (Å²) in [5.41, 5.74) is 1.30. The molecular formula is C34H43N3O7. The molecular weight excluding hydrogens is 562 g/mol. The highest BCUT2D eigenvalue weighted by Crippen LogP contribution is 2.17. The Morgan fingerprint density at radius 3 is 2.16 bits per heavy atom. The molecule has 10 nitrogen and oxygen atoms in total. The van der Waals surface area contributed by atoms with Gasteiger partial charge in [-0.1, -0.05) is 26.0 Å². The molecule has 0 aliphatic heterocycles. The van der Waals surface area contributed by atoms with Crippen molar-refractivity contribution in [1.82, 2.24) is 10.3 Å². The fourth-order valence-corrected chi connectivity index (χ4v) is 4.36. The van der Waals surface area contributed by atoms with Gasteiger partial charge < -0.3 is 30.0 Å². The average molecular weight is 606 g/mol. The van der Waals surface area contributed by atoms with Crippen LogP contribution in [0.25, 0.3) is 0 Å². The molecule has 0 saturated carbocycles. The number of ether oxygens (including phenoxy) is 3. The fourth-order valence-electron chi connectivity index (χ4n) is 4.36. The normalized spacial score (nSPS) is 11.5. The largest absolute Gasteiger partial charge is 0.497 e. The van der Waals surface area contributed by atoms with Crippen LogP contribution in [0.1, 0.15) is 61.9 Å². The van der Waals surface area contributed by atoms with Gasteiger partial charge >= 0.3 is 5.97 Å². The Morgan fingerprint density at radius 2 is 1.52 bits per heavy atom. The summed E-state index contributed by atoms with van der Waals surface area (Å²) in [7, 11) is 1.61. The molecule has 3 N–H and O–H groups in total. The van der Waals surface area contributed by atoms with E-state index in [1.165, 1.54) is 0 Å². The Balaban J connectivity index is 1.42. The molecule has 1 amide bonds. The highest BCUT2D eigenvalue weighted by molar-refractivity contribution is 5.94. The first-order valence-electron chi connectivity index (χ1n) is 15.0. The van der Waals surface area contributed by atoms with Crippen LogP contribution in [-0.4, -0.2) is 60.7 Å². The van der Waals surface area contributed by atoms with Crippen molar-refractivity contribution in [2.75, 3.05) is 32.2 Å². The van der Waals surface area contributed by atoms with Crippen molar-refractivity contribution >= 4 is 23.5 Å². The molecule has 0 saturated heterocycles. The number of anilines is 1. The number of rotatable bonds is 20. The quantitative estimate of drug-likeness (QED) is 0.141. The van der Waals surface area contributed by atoms with Gasteiger partial charge in [-0.2, -0.15) is 0 Å². The third kappa shape index (κ3) is 12.3. The van der Waals surface area contributed by atoms with Crippen LogP contribution in [0.3, 0.4) is 0 Å². The van der Waals surface area contributed by atoms with Crippen molar-refractivity contribution in [2.24, 2.45) is 5.92 Å². The van der Waals surface area contributed by atoms with E-state index in [0.29, 0.717) is 49.7 Å². The lowest BCUT2D eigenvalue weighted by Crippen LogP contribution is -2.38. The van der Waals surface area contributed by atoms with E-state index in [-0.39, 0.29) is 24.0 Å². The molecule has 0 spiro atoms. The third-order valence-electron chi connectivity index (χ3n) is 6.87. The van der Waals surface area contributed by atoms with E-state index >= 15 is 0 Å². The van der Waals surface area contributed by atoms with Gasteiger partial charge in [0.25, 0.3) is 5.91 Å². The number of carbonyl (C=O) groups excluding carboxylic acids is 2. The van der Waals surface area contributed by atoms with Crippen molar-refractivity contribution in [3.8, 4) is 17.2 Å². The van der Waals surface area contributed by atoms with Crippen LogP contribution < -0.4 is 24.8 Å². The van der Waals surface area contributed by atoms with Crippen molar-refractivity contribution in [3.05, 3.63) is 78.0 Å².